The summed E-state index contributed by atoms with van der Waals surface area (Å²) < 4.78 is 1.72. The van der Waals surface area contributed by atoms with Crippen molar-refractivity contribution in [3.05, 3.63) is 59.9 Å². The van der Waals surface area contributed by atoms with E-state index >= 15 is 0 Å². The van der Waals surface area contributed by atoms with Gasteiger partial charge in [0.1, 0.15) is 0 Å². The molecule has 1 fully saturated rings. The summed E-state index contributed by atoms with van der Waals surface area (Å²) in [5.41, 5.74) is 8.36. The largest absolute Gasteiger partial charge is 0.326 e. The maximum absolute atomic E-state index is 13.3. The Morgan fingerprint density at radius 1 is 1.26 bits per heavy atom. The molecular formula is C21H25N5O. The van der Waals surface area contributed by atoms with Gasteiger partial charge in [-0.3, -0.25) is 14.4 Å². The van der Waals surface area contributed by atoms with Gasteiger partial charge in [0.25, 0.3) is 5.91 Å². The van der Waals surface area contributed by atoms with Crippen LogP contribution in [0.5, 0.6) is 0 Å². The van der Waals surface area contributed by atoms with Gasteiger partial charge in [0.2, 0.25) is 0 Å². The highest BCUT2D eigenvalue weighted by molar-refractivity contribution is 6.10. The van der Waals surface area contributed by atoms with E-state index in [-0.39, 0.29) is 11.9 Å². The third-order valence-corrected chi connectivity index (χ3v) is 5.24. The molecule has 4 rings (SSSR count). The van der Waals surface area contributed by atoms with Crippen LogP contribution in [0.2, 0.25) is 0 Å². The van der Waals surface area contributed by atoms with E-state index in [4.69, 9.17) is 5.73 Å². The van der Waals surface area contributed by atoms with Gasteiger partial charge >= 0.3 is 0 Å². The molecule has 1 unspecified atom stereocenters. The molecule has 6 heteroatoms. The van der Waals surface area contributed by atoms with E-state index in [0.29, 0.717) is 12.2 Å². The number of amides is 1. The molecule has 0 saturated carbocycles. The van der Waals surface area contributed by atoms with Crippen molar-refractivity contribution in [1.82, 2.24) is 14.7 Å². The lowest BCUT2D eigenvalue weighted by atomic mass is 10.1. The smallest absolute Gasteiger partial charge is 0.278 e. The Hall–Kier alpha value is -2.70. The molecule has 6 nitrogen and oxygen atoms in total. The Balaban J connectivity index is 1.64. The van der Waals surface area contributed by atoms with Crippen LogP contribution in [0.4, 0.5) is 5.69 Å². The van der Waals surface area contributed by atoms with Gasteiger partial charge in [0.15, 0.2) is 5.69 Å². The van der Waals surface area contributed by atoms with Crippen LogP contribution in [-0.4, -0.2) is 46.8 Å². The van der Waals surface area contributed by atoms with Gasteiger partial charge in [-0.25, -0.2) is 0 Å². The summed E-state index contributed by atoms with van der Waals surface area (Å²) in [6.07, 6.45) is 2.94. The predicted molar refractivity (Wildman–Crippen MR) is 108 cm³/mol. The second-order valence-corrected chi connectivity index (χ2v) is 7.32. The molecule has 1 amide bonds. The van der Waals surface area contributed by atoms with Crippen molar-refractivity contribution in [2.24, 2.45) is 12.8 Å². The van der Waals surface area contributed by atoms with Crippen LogP contribution >= 0.6 is 0 Å². The van der Waals surface area contributed by atoms with E-state index in [0.717, 1.165) is 41.5 Å². The third kappa shape index (κ3) is 3.46. The highest BCUT2D eigenvalue weighted by atomic mass is 16.2. The van der Waals surface area contributed by atoms with E-state index in [1.54, 1.807) is 9.58 Å². The minimum absolute atomic E-state index is 0.0922. The number of fused-ring (bicyclic) bond motifs is 1. The zero-order chi connectivity index (χ0) is 19.0. The average Bonchev–Trinajstić information content (AvgIpc) is 3.25. The SMILES string of the molecule is CN(C(=O)c1nn(C)cc1CN1CCC(N)C1)c1cccc2ccccc12. The fourth-order valence-corrected chi connectivity index (χ4v) is 3.85. The molecule has 2 heterocycles. The number of likely N-dealkylation sites (tertiary alicyclic amines) is 1. The highest BCUT2D eigenvalue weighted by Crippen LogP contribution is 2.27. The third-order valence-electron chi connectivity index (χ3n) is 5.24. The number of nitrogens with two attached hydrogens (primary N) is 1. The van der Waals surface area contributed by atoms with Gasteiger partial charge in [0.05, 0.1) is 5.69 Å². The normalized spacial score (nSPS) is 17.5. The highest BCUT2D eigenvalue weighted by Gasteiger charge is 2.25. The molecule has 2 N–H and O–H groups in total. The lowest BCUT2D eigenvalue weighted by Crippen LogP contribution is -2.30. The van der Waals surface area contributed by atoms with E-state index < -0.39 is 0 Å². The van der Waals surface area contributed by atoms with Crippen LogP contribution < -0.4 is 10.6 Å². The Bertz CT molecular complexity index is 974. The van der Waals surface area contributed by atoms with Gasteiger partial charge < -0.3 is 10.6 Å². The summed E-state index contributed by atoms with van der Waals surface area (Å²) in [7, 11) is 3.67. The number of hydrogen-bond acceptors (Lipinski definition) is 4. The van der Waals surface area contributed by atoms with Crippen LogP contribution in [0.3, 0.4) is 0 Å². The molecule has 1 aliphatic rings. The second kappa shape index (κ2) is 7.13. The van der Waals surface area contributed by atoms with Gasteiger partial charge in [-0.15, -0.1) is 0 Å². The lowest BCUT2D eigenvalue weighted by Gasteiger charge is -2.20. The number of benzene rings is 2. The van der Waals surface area contributed by atoms with E-state index in [1.165, 1.54) is 0 Å². The summed E-state index contributed by atoms with van der Waals surface area (Å²) in [6, 6.07) is 14.3. The van der Waals surface area contributed by atoms with Gasteiger partial charge in [-0.05, 0) is 17.9 Å². The quantitative estimate of drug-likeness (QED) is 0.773. The first kappa shape index (κ1) is 17.7. The number of aromatic nitrogens is 2. The van der Waals surface area contributed by atoms with Crippen molar-refractivity contribution in [1.29, 1.82) is 0 Å². The summed E-state index contributed by atoms with van der Waals surface area (Å²) in [4.78, 5) is 17.3. The van der Waals surface area contributed by atoms with Gasteiger partial charge in [-0.1, -0.05) is 36.4 Å². The van der Waals surface area contributed by atoms with Crippen LogP contribution in [0.25, 0.3) is 10.8 Å². The first-order chi connectivity index (χ1) is 13.0. The molecule has 0 aliphatic carbocycles. The number of anilines is 1. The topological polar surface area (TPSA) is 67.4 Å². The van der Waals surface area contributed by atoms with Crippen molar-refractivity contribution in [3.8, 4) is 0 Å². The van der Waals surface area contributed by atoms with Crippen molar-refractivity contribution in [3.63, 3.8) is 0 Å². The molecule has 2 aromatic carbocycles. The van der Waals surface area contributed by atoms with Crippen molar-refractivity contribution < 1.29 is 4.79 Å². The van der Waals surface area contributed by atoms with Crippen molar-refractivity contribution in [2.45, 2.75) is 19.0 Å². The fraction of sp³-hybridized carbons (Fsp3) is 0.333. The molecule has 1 atom stereocenters. The Morgan fingerprint density at radius 3 is 2.81 bits per heavy atom. The monoisotopic (exact) mass is 363 g/mol. The maximum atomic E-state index is 13.3. The summed E-state index contributed by atoms with van der Waals surface area (Å²) in [5, 5.41) is 6.63. The van der Waals surface area contributed by atoms with E-state index in [9.17, 15) is 4.79 Å². The lowest BCUT2D eigenvalue weighted by molar-refractivity contribution is 0.0986. The average molecular weight is 363 g/mol. The minimum Gasteiger partial charge on any atom is -0.326 e. The van der Waals surface area contributed by atoms with Crippen molar-refractivity contribution in [2.75, 3.05) is 25.0 Å². The minimum atomic E-state index is -0.0922. The Labute approximate surface area is 159 Å². The molecule has 3 aromatic rings. The Kier molecular flexibility index (Phi) is 4.68. The van der Waals surface area contributed by atoms with Crippen molar-refractivity contribution >= 4 is 22.4 Å². The number of aryl methyl sites for hydroxylation is 1. The van der Waals surface area contributed by atoms with Gasteiger partial charge in [0, 0.05) is 56.9 Å². The van der Waals surface area contributed by atoms with Gasteiger partial charge in [-0.2, -0.15) is 5.10 Å². The second-order valence-electron chi connectivity index (χ2n) is 7.32. The first-order valence-corrected chi connectivity index (χ1v) is 9.29. The van der Waals surface area contributed by atoms with E-state index in [2.05, 4.69) is 22.1 Å². The van der Waals surface area contributed by atoms with Crippen LogP contribution in [0, 0.1) is 0 Å². The molecule has 0 spiro atoms. The number of nitrogens with zero attached hydrogens (tertiary/aromatic N) is 4. The summed E-state index contributed by atoms with van der Waals surface area (Å²) in [5.74, 6) is -0.0922. The standard InChI is InChI=1S/C21H25N5O/c1-24-12-16(13-26-11-10-17(22)14-26)20(23-24)21(27)25(2)19-9-5-7-15-6-3-4-8-18(15)19/h3-9,12,17H,10-11,13-14,22H2,1-2H3. The predicted octanol–water partition coefficient (Wildman–Crippen LogP) is 2.38. The summed E-state index contributed by atoms with van der Waals surface area (Å²) >= 11 is 0. The molecule has 1 saturated heterocycles. The molecular weight excluding hydrogens is 338 g/mol. The fourth-order valence-electron chi connectivity index (χ4n) is 3.85. The van der Waals surface area contributed by atoms with Crippen LogP contribution in [-0.2, 0) is 13.6 Å². The zero-order valence-electron chi connectivity index (χ0n) is 15.8. The molecule has 140 valence electrons. The number of rotatable bonds is 4. The molecule has 0 bridgehead atoms. The molecule has 0 radical (unpaired) electrons. The number of carbonyl (C=O) groups excluding carboxylic acids is 1. The summed E-state index contributed by atoms with van der Waals surface area (Å²) in [6.45, 7) is 2.52. The Morgan fingerprint density at radius 2 is 2.04 bits per heavy atom. The molecule has 1 aromatic heterocycles. The zero-order valence-corrected chi connectivity index (χ0v) is 15.8. The molecule has 1 aliphatic heterocycles. The number of carbonyl (C=O) groups is 1. The maximum Gasteiger partial charge on any atom is 0.278 e. The first-order valence-electron chi connectivity index (χ1n) is 9.29. The van der Waals surface area contributed by atoms with Crippen LogP contribution in [0.15, 0.2) is 48.7 Å². The molecule has 27 heavy (non-hydrogen) atoms. The van der Waals surface area contributed by atoms with Crippen LogP contribution in [0.1, 0.15) is 22.5 Å². The number of hydrogen-bond donors (Lipinski definition) is 1. The van der Waals surface area contributed by atoms with E-state index in [1.807, 2.05) is 50.6 Å².